The number of carbonyl (C=O) groups excluding carboxylic acids is 1. The van der Waals surface area contributed by atoms with Crippen LogP contribution in [0.4, 0.5) is 0 Å². The van der Waals surface area contributed by atoms with Crippen molar-refractivity contribution in [1.29, 1.82) is 0 Å². The summed E-state index contributed by atoms with van der Waals surface area (Å²) in [5.41, 5.74) is 1.63. The summed E-state index contributed by atoms with van der Waals surface area (Å²) in [5, 5.41) is 9.86. The van der Waals surface area contributed by atoms with Crippen molar-refractivity contribution in [2.75, 3.05) is 6.61 Å². The summed E-state index contributed by atoms with van der Waals surface area (Å²) in [4.78, 5) is 11.5. The van der Waals surface area contributed by atoms with E-state index in [-0.39, 0.29) is 12.7 Å². The second kappa shape index (κ2) is 5.40. The van der Waals surface area contributed by atoms with E-state index < -0.39 is 12.1 Å². The number of benzene rings is 1. The Morgan fingerprint density at radius 2 is 2.39 bits per heavy atom. The van der Waals surface area contributed by atoms with Crippen LogP contribution >= 0.6 is 0 Å². The third-order valence-electron chi connectivity index (χ3n) is 3.07. The van der Waals surface area contributed by atoms with Gasteiger partial charge in [0.05, 0.1) is 12.7 Å². The molecule has 0 aliphatic carbocycles. The molecule has 0 fully saturated rings. The lowest BCUT2D eigenvalue weighted by molar-refractivity contribution is -0.153. The molecular formula is C14H18O4. The maximum atomic E-state index is 11.5. The van der Waals surface area contributed by atoms with E-state index in [0.717, 1.165) is 24.2 Å². The molecule has 2 atom stereocenters. The third-order valence-corrected chi connectivity index (χ3v) is 3.07. The van der Waals surface area contributed by atoms with Crippen LogP contribution in [0.3, 0.4) is 0 Å². The highest BCUT2D eigenvalue weighted by molar-refractivity contribution is 5.76. The van der Waals surface area contributed by atoms with Crippen molar-refractivity contribution in [2.24, 2.45) is 0 Å². The molecule has 0 bridgehead atoms. The molecular weight excluding hydrogens is 232 g/mol. The number of aliphatic hydroxyl groups excluding tert-OH is 1. The minimum absolute atomic E-state index is 0.174. The van der Waals surface area contributed by atoms with E-state index in [4.69, 9.17) is 9.47 Å². The fourth-order valence-electron chi connectivity index (χ4n) is 2.05. The number of ether oxygens (including phenoxy) is 2. The smallest absolute Gasteiger partial charge is 0.339 e. The van der Waals surface area contributed by atoms with Gasteiger partial charge in [0.15, 0.2) is 6.10 Å². The van der Waals surface area contributed by atoms with E-state index in [1.807, 2.05) is 13.0 Å². The number of hydrogen-bond donors (Lipinski definition) is 1. The summed E-state index contributed by atoms with van der Waals surface area (Å²) < 4.78 is 10.5. The fourth-order valence-corrected chi connectivity index (χ4v) is 2.05. The highest BCUT2D eigenvalue weighted by Crippen LogP contribution is 2.30. The Balaban J connectivity index is 2.20. The van der Waals surface area contributed by atoms with Crippen molar-refractivity contribution >= 4 is 5.97 Å². The van der Waals surface area contributed by atoms with Gasteiger partial charge in [0.1, 0.15) is 5.75 Å². The normalized spacial score (nSPS) is 19.6. The zero-order valence-electron chi connectivity index (χ0n) is 10.7. The quantitative estimate of drug-likeness (QED) is 0.834. The van der Waals surface area contributed by atoms with Crippen LogP contribution in [0.2, 0.25) is 0 Å². The molecule has 1 heterocycles. The molecule has 0 amide bonds. The lowest BCUT2D eigenvalue weighted by Crippen LogP contribution is -2.20. The highest BCUT2D eigenvalue weighted by atomic mass is 16.5. The van der Waals surface area contributed by atoms with Crippen molar-refractivity contribution in [3.63, 3.8) is 0 Å². The maximum Gasteiger partial charge on any atom is 0.339 e. The number of aryl methyl sites for hydroxylation is 1. The lowest BCUT2D eigenvalue weighted by Gasteiger charge is -2.24. The molecule has 4 heteroatoms. The summed E-state index contributed by atoms with van der Waals surface area (Å²) in [5.74, 6) is 0.135. The summed E-state index contributed by atoms with van der Waals surface area (Å²) in [7, 11) is 0. The number of esters is 1. The SMILES string of the molecule is CCOC(=O)C(O)c1ccc2c(c1)OC(C)CC2. The minimum Gasteiger partial charge on any atom is -0.490 e. The Bertz CT molecular complexity index is 441. The van der Waals surface area contributed by atoms with Crippen LogP contribution in [0.5, 0.6) is 5.75 Å². The van der Waals surface area contributed by atoms with Crippen molar-refractivity contribution in [1.82, 2.24) is 0 Å². The maximum absolute atomic E-state index is 11.5. The first-order valence-corrected chi connectivity index (χ1v) is 6.26. The van der Waals surface area contributed by atoms with Crippen molar-refractivity contribution in [2.45, 2.75) is 38.9 Å². The van der Waals surface area contributed by atoms with Gasteiger partial charge < -0.3 is 14.6 Å². The zero-order chi connectivity index (χ0) is 13.1. The molecule has 0 aromatic heterocycles. The van der Waals surface area contributed by atoms with E-state index >= 15 is 0 Å². The molecule has 98 valence electrons. The number of aliphatic hydroxyl groups is 1. The van der Waals surface area contributed by atoms with Gasteiger partial charge in [0.2, 0.25) is 0 Å². The van der Waals surface area contributed by atoms with Gasteiger partial charge in [-0.1, -0.05) is 12.1 Å². The topological polar surface area (TPSA) is 55.8 Å². The number of fused-ring (bicyclic) bond motifs is 1. The van der Waals surface area contributed by atoms with Gasteiger partial charge >= 0.3 is 5.97 Å². The minimum atomic E-state index is -1.24. The van der Waals surface area contributed by atoms with Crippen LogP contribution in [0, 0.1) is 0 Å². The van der Waals surface area contributed by atoms with Crippen LogP contribution in [0.1, 0.15) is 37.5 Å². The Morgan fingerprint density at radius 3 is 3.11 bits per heavy atom. The van der Waals surface area contributed by atoms with Gasteiger partial charge in [-0.05, 0) is 43.9 Å². The number of rotatable bonds is 3. The zero-order valence-corrected chi connectivity index (χ0v) is 10.7. The molecule has 0 radical (unpaired) electrons. The first kappa shape index (κ1) is 12.9. The first-order valence-electron chi connectivity index (χ1n) is 6.26. The summed E-state index contributed by atoms with van der Waals surface area (Å²) >= 11 is 0. The molecule has 0 saturated carbocycles. The molecule has 1 aliphatic heterocycles. The average molecular weight is 250 g/mol. The summed E-state index contributed by atoms with van der Waals surface area (Å²) in [6.45, 7) is 3.98. The van der Waals surface area contributed by atoms with E-state index in [2.05, 4.69) is 0 Å². The molecule has 1 aliphatic rings. The lowest BCUT2D eigenvalue weighted by atomic mass is 9.99. The van der Waals surface area contributed by atoms with E-state index in [9.17, 15) is 9.90 Å². The van der Waals surface area contributed by atoms with Gasteiger partial charge in [-0.3, -0.25) is 0 Å². The molecule has 1 aromatic rings. The standard InChI is InChI=1S/C14H18O4/c1-3-17-14(16)13(15)11-7-6-10-5-4-9(2)18-12(10)8-11/h6-9,13,15H,3-5H2,1-2H3. The van der Waals surface area contributed by atoms with Crippen LogP contribution < -0.4 is 4.74 Å². The molecule has 1 N–H and O–H groups in total. The summed E-state index contributed by atoms with van der Waals surface area (Å²) in [6.07, 6.45) is 0.891. The molecule has 1 aromatic carbocycles. The third kappa shape index (κ3) is 2.64. The average Bonchev–Trinajstić information content (AvgIpc) is 2.37. The second-order valence-electron chi connectivity index (χ2n) is 4.49. The van der Waals surface area contributed by atoms with Crippen LogP contribution in [0.15, 0.2) is 18.2 Å². The predicted octanol–water partition coefficient (Wildman–Crippen LogP) is 2.00. The van der Waals surface area contributed by atoms with Crippen LogP contribution in [0.25, 0.3) is 0 Å². The summed E-state index contributed by atoms with van der Waals surface area (Å²) in [6, 6.07) is 5.38. The Kier molecular flexibility index (Phi) is 3.87. The van der Waals surface area contributed by atoms with Crippen LogP contribution in [-0.2, 0) is 16.0 Å². The first-order chi connectivity index (χ1) is 8.61. The predicted molar refractivity (Wildman–Crippen MR) is 66.4 cm³/mol. The molecule has 2 rings (SSSR count). The Morgan fingerprint density at radius 1 is 1.61 bits per heavy atom. The van der Waals surface area contributed by atoms with E-state index in [1.165, 1.54) is 0 Å². The largest absolute Gasteiger partial charge is 0.490 e. The van der Waals surface area contributed by atoms with Crippen LogP contribution in [-0.4, -0.2) is 23.8 Å². The van der Waals surface area contributed by atoms with E-state index in [1.54, 1.807) is 19.1 Å². The molecule has 4 nitrogen and oxygen atoms in total. The number of hydrogen-bond acceptors (Lipinski definition) is 4. The molecule has 18 heavy (non-hydrogen) atoms. The van der Waals surface area contributed by atoms with Gasteiger partial charge in [0.25, 0.3) is 0 Å². The number of carbonyl (C=O) groups is 1. The van der Waals surface area contributed by atoms with Gasteiger partial charge in [0, 0.05) is 0 Å². The van der Waals surface area contributed by atoms with Gasteiger partial charge in [-0.15, -0.1) is 0 Å². The highest BCUT2D eigenvalue weighted by Gasteiger charge is 2.22. The van der Waals surface area contributed by atoms with Crippen molar-refractivity contribution in [3.8, 4) is 5.75 Å². The monoisotopic (exact) mass is 250 g/mol. The molecule has 2 unspecified atom stereocenters. The van der Waals surface area contributed by atoms with E-state index in [0.29, 0.717) is 5.56 Å². The van der Waals surface area contributed by atoms with Crippen molar-refractivity contribution in [3.05, 3.63) is 29.3 Å². The molecule has 0 saturated heterocycles. The van der Waals surface area contributed by atoms with Crippen molar-refractivity contribution < 1.29 is 19.4 Å². The van der Waals surface area contributed by atoms with Gasteiger partial charge in [-0.2, -0.15) is 0 Å². The molecule has 0 spiro atoms. The fraction of sp³-hybridized carbons (Fsp3) is 0.500. The van der Waals surface area contributed by atoms with Gasteiger partial charge in [-0.25, -0.2) is 4.79 Å². The second-order valence-corrected chi connectivity index (χ2v) is 4.49. The Hall–Kier alpha value is -1.55. The Labute approximate surface area is 107 Å².